The molecule has 5 nitrogen and oxygen atoms in total. The Morgan fingerprint density at radius 1 is 1.26 bits per heavy atom. The van der Waals surface area contributed by atoms with Crippen molar-refractivity contribution < 1.29 is 19.1 Å². The van der Waals surface area contributed by atoms with E-state index in [0.717, 1.165) is 11.8 Å². The predicted molar refractivity (Wildman–Crippen MR) is 86.2 cm³/mol. The summed E-state index contributed by atoms with van der Waals surface area (Å²) in [6.07, 6.45) is -0.000276. The van der Waals surface area contributed by atoms with Gasteiger partial charge in [0, 0.05) is 18.2 Å². The summed E-state index contributed by atoms with van der Waals surface area (Å²) in [5, 5.41) is 0. The third kappa shape index (κ3) is 2.65. The molecule has 0 aromatic heterocycles. The normalized spacial score (nSPS) is 16.5. The van der Waals surface area contributed by atoms with Crippen LogP contribution < -0.4 is 14.4 Å². The van der Waals surface area contributed by atoms with Gasteiger partial charge in [0.25, 0.3) is 5.91 Å². The van der Waals surface area contributed by atoms with Gasteiger partial charge < -0.3 is 14.4 Å². The third-order valence-electron chi connectivity index (χ3n) is 3.75. The van der Waals surface area contributed by atoms with Gasteiger partial charge >= 0.3 is 0 Å². The van der Waals surface area contributed by atoms with Crippen molar-refractivity contribution in [3.05, 3.63) is 53.6 Å². The van der Waals surface area contributed by atoms with Crippen molar-refractivity contribution in [3.8, 4) is 11.5 Å². The second-order valence-corrected chi connectivity index (χ2v) is 5.22. The van der Waals surface area contributed by atoms with E-state index >= 15 is 0 Å². The molecular formula is C18H17NO4. The molecule has 1 unspecified atom stereocenters. The molecule has 0 bridgehead atoms. The molecular weight excluding hydrogens is 294 g/mol. The molecule has 0 saturated heterocycles. The Hall–Kier alpha value is -2.82. The van der Waals surface area contributed by atoms with Crippen molar-refractivity contribution in [2.45, 2.75) is 13.0 Å². The van der Waals surface area contributed by atoms with E-state index in [-0.39, 0.29) is 5.91 Å². The van der Waals surface area contributed by atoms with E-state index in [9.17, 15) is 9.59 Å². The Labute approximate surface area is 134 Å². The van der Waals surface area contributed by atoms with Gasteiger partial charge in [-0.05, 0) is 19.1 Å². The zero-order valence-corrected chi connectivity index (χ0v) is 13.0. The maximum absolute atomic E-state index is 12.6. The molecule has 1 aliphatic rings. The van der Waals surface area contributed by atoms with Crippen LogP contribution in [0.3, 0.4) is 0 Å². The number of hydrogen-bond donors (Lipinski definition) is 0. The van der Waals surface area contributed by atoms with E-state index in [0.29, 0.717) is 29.4 Å². The van der Waals surface area contributed by atoms with E-state index in [1.807, 2.05) is 37.3 Å². The van der Waals surface area contributed by atoms with Gasteiger partial charge in [-0.3, -0.25) is 9.59 Å². The molecule has 0 fully saturated rings. The lowest BCUT2D eigenvalue weighted by Crippen LogP contribution is -2.38. The summed E-state index contributed by atoms with van der Waals surface area (Å²) in [5.74, 6) is 0.759. The zero-order valence-electron chi connectivity index (χ0n) is 13.0. The van der Waals surface area contributed by atoms with Crippen molar-refractivity contribution in [2.75, 3.05) is 18.6 Å². The van der Waals surface area contributed by atoms with Gasteiger partial charge in [-0.1, -0.05) is 30.3 Å². The molecule has 0 radical (unpaired) electrons. The monoisotopic (exact) mass is 311 g/mol. The number of benzene rings is 2. The molecule has 0 N–H and O–H groups in total. The van der Waals surface area contributed by atoms with E-state index in [4.69, 9.17) is 9.47 Å². The highest BCUT2D eigenvalue weighted by molar-refractivity contribution is 6.01. The number of hydrogen-bond acceptors (Lipinski definition) is 4. The maximum atomic E-state index is 12.6. The van der Waals surface area contributed by atoms with Crippen LogP contribution >= 0.6 is 0 Å². The number of carbonyl (C=O) groups excluding carboxylic acids is 2. The van der Waals surface area contributed by atoms with E-state index < -0.39 is 6.10 Å². The number of amides is 1. The van der Waals surface area contributed by atoms with E-state index in [2.05, 4.69) is 0 Å². The Balaban J connectivity index is 2.10. The van der Waals surface area contributed by atoms with Gasteiger partial charge in [0.15, 0.2) is 11.5 Å². The smallest absolute Gasteiger partial charge is 0.272 e. The number of aldehydes is 1. The van der Waals surface area contributed by atoms with Crippen LogP contribution in [0.4, 0.5) is 5.69 Å². The number of carbonyl (C=O) groups is 2. The molecule has 1 aliphatic heterocycles. The van der Waals surface area contributed by atoms with Crippen LogP contribution in [0.25, 0.3) is 0 Å². The summed E-state index contributed by atoms with van der Waals surface area (Å²) in [6, 6.07) is 12.6. The van der Waals surface area contributed by atoms with Gasteiger partial charge in [0.1, 0.15) is 6.29 Å². The molecule has 118 valence electrons. The minimum Gasteiger partial charge on any atom is -0.490 e. The molecule has 23 heavy (non-hydrogen) atoms. The molecule has 1 heterocycles. The lowest BCUT2D eigenvalue weighted by molar-refractivity contribution is -0.126. The van der Waals surface area contributed by atoms with Crippen molar-refractivity contribution >= 4 is 17.9 Å². The molecule has 3 rings (SSSR count). The minimum atomic E-state index is -0.727. The van der Waals surface area contributed by atoms with Gasteiger partial charge in [-0.2, -0.15) is 0 Å². The highest BCUT2D eigenvalue weighted by Crippen LogP contribution is 2.45. The average molecular weight is 311 g/mol. The SMILES string of the molecule is CCOc1cc(C=O)cc2c1OC(c1ccccc1)C(=O)N2C. The van der Waals surface area contributed by atoms with Gasteiger partial charge in [0.2, 0.25) is 6.10 Å². The maximum Gasteiger partial charge on any atom is 0.272 e. The van der Waals surface area contributed by atoms with E-state index in [1.54, 1.807) is 19.2 Å². The van der Waals surface area contributed by atoms with Crippen molar-refractivity contribution in [1.82, 2.24) is 0 Å². The second kappa shape index (κ2) is 6.12. The van der Waals surface area contributed by atoms with Crippen LogP contribution in [0.5, 0.6) is 11.5 Å². The van der Waals surface area contributed by atoms with Crippen LogP contribution in [0, 0.1) is 0 Å². The summed E-state index contributed by atoms with van der Waals surface area (Å²) in [7, 11) is 1.67. The Morgan fingerprint density at radius 2 is 2.00 bits per heavy atom. The first-order valence-electron chi connectivity index (χ1n) is 7.41. The van der Waals surface area contributed by atoms with Crippen molar-refractivity contribution in [3.63, 3.8) is 0 Å². The number of rotatable bonds is 4. The van der Waals surface area contributed by atoms with Crippen molar-refractivity contribution in [1.29, 1.82) is 0 Å². The first kappa shape index (κ1) is 15.1. The fourth-order valence-corrected chi connectivity index (χ4v) is 2.61. The average Bonchev–Trinajstić information content (AvgIpc) is 2.59. The first-order chi connectivity index (χ1) is 11.2. The van der Waals surface area contributed by atoms with E-state index in [1.165, 1.54) is 4.90 Å². The van der Waals surface area contributed by atoms with Crippen LogP contribution in [0.1, 0.15) is 28.9 Å². The second-order valence-electron chi connectivity index (χ2n) is 5.22. The molecule has 0 spiro atoms. The van der Waals surface area contributed by atoms with Crippen LogP contribution in [-0.4, -0.2) is 25.8 Å². The molecule has 2 aromatic rings. The molecule has 0 saturated carbocycles. The summed E-state index contributed by atoms with van der Waals surface area (Å²) in [4.78, 5) is 25.3. The fourth-order valence-electron chi connectivity index (χ4n) is 2.61. The highest BCUT2D eigenvalue weighted by atomic mass is 16.5. The zero-order chi connectivity index (χ0) is 16.4. The van der Waals surface area contributed by atoms with Gasteiger partial charge in [0.05, 0.1) is 12.3 Å². The number of ether oxygens (including phenoxy) is 2. The lowest BCUT2D eigenvalue weighted by Gasteiger charge is -2.33. The predicted octanol–water partition coefficient (Wildman–Crippen LogP) is 2.99. The number of anilines is 1. The molecule has 1 atom stereocenters. The van der Waals surface area contributed by atoms with Crippen LogP contribution in [-0.2, 0) is 4.79 Å². The quantitative estimate of drug-likeness (QED) is 0.815. The number of fused-ring (bicyclic) bond motifs is 1. The highest BCUT2D eigenvalue weighted by Gasteiger charge is 2.35. The summed E-state index contributed by atoms with van der Waals surface area (Å²) in [5.41, 5.74) is 1.75. The minimum absolute atomic E-state index is 0.186. The topological polar surface area (TPSA) is 55.8 Å². The largest absolute Gasteiger partial charge is 0.490 e. The summed E-state index contributed by atoms with van der Waals surface area (Å²) in [6.45, 7) is 2.29. The molecule has 5 heteroatoms. The summed E-state index contributed by atoms with van der Waals surface area (Å²) >= 11 is 0. The van der Waals surface area contributed by atoms with Gasteiger partial charge in [-0.15, -0.1) is 0 Å². The third-order valence-corrected chi connectivity index (χ3v) is 3.75. The fraction of sp³-hybridized carbons (Fsp3) is 0.222. The molecule has 2 aromatic carbocycles. The van der Waals surface area contributed by atoms with Gasteiger partial charge in [-0.25, -0.2) is 0 Å². The Kier molecular flexibility index (Phi) is 4.02. The van der Waals surface area contributed by atoms with Crippen molar-refractivity contribution in [2.24, 2.45) is 0 Å². The lowest BCUT2D eigenvalue weighted by atomic mass is 10.0. The Morgan fingerprint density at radius 3 is 2.65 bits per heavy atom. The number of likely N-dealkylation sites (N-methyl/N-ethyl adjacent to an activating group) is 1. The Bertz CT molecular complexity index is 742. The van der Waals surface area contributed by atoms with Crippen LogP contribution in [0.2, 0.25) is 0 Å². The first-order valence-corrected chi connectivity index (χ1v) is 7.41. The summed E-state index contributed by atoms with van der Waals surface area (Å²) < 4.78 is 11.5. The molecule has 0 aliphatic carbocycles. The van der Waals surface area contributed by atoms with Crippen LogP contribution in [0.15, 0.2) is 42.5 Å². The standard InChI is InChI=1S/C18H17NO4/c1-3-22-15-10-12(11-20)9-14-17(15)23-16(18(21)19(14)2)13-7-5-4-6-8-13/h4-11,16H,3H2,1-2H3. The molecule has 1 amide bonds. The number of nitrogens with zero attached hydrogens (tertiary/aromatic N) is 1.